The lowest BCUT2D eigenvalue weighted by molar-refractivity contribution is -0.145. The molecule has 3 rings (SSSR count). The Labute approximate surface area is 160 Å². The zero-order chi connectivity index (χ0) is 19.7. The molecule has 1 aliphatic rings. The Morgan fingerprint density at radius 2 is 1.81 bits per heavy atom. The third-order valence-electron chi connectivity index (χ3n) is 4.83. The molecule has 8 nitrogen and oxygen atoms in total. The van der Waals surface area contributed by atoms with Crippen LogP contribution in [0.1, 0.15) is 18.5 Å². The van der Waals surface area contributed by atoms with Gasteiger partial charge in [-0.2, -0.15) is 0 Å². The summed E-state index contributed by atoms with van der Waals surface area (Å²) in [6.45, 7) is 2.97. The molecule has 0 saturated carbocycles. The molecule has 1 amide bonds. The Morgan fingerprint density at radius 1 is 1.15 bits per heavy atom. The fourth-order valence-electron chi connectivity index (χ4n) is 3.57. The average molecular weight is 394 g/mol. The first-order valence-electron chi connectivity index (χ1n) is 8.50. The first kappa shape index (κ1) is 19.2. The summed E-state index contributed by atoms with van der Waals surface area (Å²) in [5, 5.41) is 20.1. The molecule has 1 saturated heterocycles. The van der Waals surface area contributed by atoms with E-state index in [1.54, 1.807) is 34.2 Å². The topological polar surface area (TPSA) is 103 Å². The number of carbonyl (C=O) groups is 3. The maximum Gasteiger partial charge on any atom is 0.325 e. The summed E-state index contributed by atoms with van der Waals surface area (Å²) in [5.41, 5.74) is 1.10. The SMILES string of the molecule is CC(=O)N1CCN(C(C(=O)O)c2cn(CC(=O)O)c3cc(Cl)ccc23)CC1. The number of halogens is 1. The van der Waals surface area contributed by atoms with Crippen molar-refractivity contribution in [2.75, 3.05) is 26.2 Å². The fraction of sp³-hybridized carbons (Fsp3) is 0.389. The predicted molar refractivity (Wildman–Crippen MR) is 98.8 cm³/mol. The normalized spacial score (nSPS) is 16.4. The van der Waals surface area contributed by atoms with Gasteiger partial charge < -0.3 is 19.7 Å². The molecule has 1 unspecified atom stereocenters. The van der Waals surface area contributed by atoms with Crippen molar-refractivity contribution in [2.24, 2.45) is 0 Å². The smallest absolute Gasteiger partial charge is 0.325 e. The van der Waals surface area contributed by atoms with Crippen LogP contribution in [0.4, 0.5) is 0 Å². The van der Waals surface area contributed by atoms with Crippen molar-refractivity contribution in [1.82, 2.24) is 14.4 Å². The number of benzene rings is 1. The van der Waals surface area contributed by atoms with E-state index in [-0.39, 0.29) is 12.5 Å². The zero-order valence-electron chi connectivity index (χ0n) is 14.8. The molecule has 2 aromatic rings. The summed E-state index contributed by atoms with van der Waals surface area (Å²) in [7, 11) is 0. The lowest BCUT2D eigenvalue weighted by atomic mass is 10.0. The van der Waals surface area contributed by atoms with Gasteiger partial charge in [0, 0.05) is 55.3 Å². The summed E-state index contributed by atoms with van der Waals surface area (Å²) >= 11 is 6.05. The molecule has 1 aliphatic heterocycles. The maximum absolute atomic E-state index is 12.1. The number of hydrogen-bond acceptors (Lipinski definition) is 4. The number of aromatic nitrogens is 1. The van der Waals surface area contributed by atoms with Gasteiger partial charge in [-0.1, -0.05) is 17.7 Å². The maximum atomic E-state index is 12.1. The molecule has 0 aliphatic carbocycles. The van der Waals surface area contributed by atoms with Gasteiger partial charge in [-0.15, -0.1) is 0 Å². The van der Waals surface area contributed by atoms with Gasteiger partial charge in [0.2, 0.25) is 5.91 Å². The molecule has 1 aromatic carbocycles. The summed E-state index contributed by atoms with van der Waals surface area (Å²) in [5.74, 6) is -2.08. The standard InChI is InChI=1S/C18H20ClN3O5/c1-11(23)20-4-6-21(7-5-20)17(18(26)27)14-9-22(10-16(24)25)15-8-12(19)2-3-13(14)15/h2-3,8-9,17H,4-7,10H2,1H3,(H,24,25)(H,26,27). The van der Waals surface area contributed by atoms with Crippen LogP contribution in [-0.2, 0) is 20.9 Å². The van der Waals surface area contributed by atoms with E-state index < -0.39 is 18.0 Å². The lowest BCUT2D eigenvalue weighted by Crippen LogP contribution is -2.50. The van der Waals surface area contributed by atoms with Gasteiger partial charge in [0.05, 0.1) is 5.52 Å². The van der Waals surface area contributed by atoms with Gasteiger partial charge in [0.1, 0.15) is 12.6 Å². The molecule has 1 aromatic heterocycles. The monoisotopic (exact) mass is 393 g/mol. The van der Waals surface area contributed by atoms with Gasteiger partial charge >= 0.3 is 11.9 Å². The van der Waals surface area contributed by atoms with E-state index in [0.717, 1.165) is 0 Å². The van der Waals surface area contributed by atoms with Crippen molar-refractivity contribution in [1.29, 1.82) is 0 Å². The number of carboxylic acids is 2. The largest absolute Gasteiger partial charge is 0.480 e. The van der Waals surface area contributed by atoms with Crippen molar-refractivity contribution < 1.29 is 24.6 Å². The third kappa shape index (κ3) is 3.91. The Balaban J connectivity index is 2.01. The number of fused-ring (bicyclic) bond motifs is 1. The van der Waals surface area contributed by atoms with Crippen LogP contribution in [0.2, 0.25) is 5.02 Å². The van der Waals surface area contributed by atoms with Crippen molar-refractivity contribution >= 4 is 40.3 Å². The molecular weight excluding hydrogens is 374 g/mol. The number of hydrogen-bond donors (Lipinski definition) is 2. The quantitative estimate of drug-likeness (QED) is 0.801. The van der Waals surface area contributed by atoms with Crippen LogP contribution in [0.15, 0.2) is 24.4 Å². The lowest BCUT2D eigenvalue weighted by Gasteiger charge is -2.37. The second-order valence-corrected chi connectivity index (χ2v) is 6.99. The van der Waals surface area contributed by atoms with E-state index in [1.165, 1.54) is 11.5 Å². The van der Waals surface area contributed by atoms with Crippen molar-refractivity contribution in [3.05, 3.63) is 35.0 Å². The molecule has 2 heterocycles. The number of carbonyl (C=O) groups excluding carboxylic acids is 1. The van der Waals surface area contributed by atoms with Crippen molar-refractivity contribution in [3.8, 4) is 0 Å². The first-order chi connectivity index (χ1) is 12.8. The summed E-state index contributed by atoms with van der Waals surface area (Å²) < 4.78 is 1.50. The number of nitrogens with zero attached hydrogens (tertiary/aromatic N) is 3. The molecule has 0 radical (unpaired) electrons. The second-order valence-electron chi connectivity index (χ2n) is 6.55. The van der Waals surface area contributed by atoms with Gasteiger partial charge in [-0.05, 0) is 12.1 Å². The number of carboxylic acid groups (broad SMARTS) is 2. The Kier molecular flexibility index (Phi) is 5.38. The molecule has 0 spiro atoms. The van der Waals surface area contributed by atoms with Gasteiger partial charge in [0.25, 0.3) is 0 Å². The van der Waals surface area contributed by atoms with E-state index >= 15 is 0 Å². The molecule has 27 heavy (non-hydrogen) atoms. The molecule has 9 heteroatoms. The van der Waals surface area contributed by atoms with Gasteiger partial charge in [0.15, 0.2) is 0 Å². The minimum atomic E-state index is -1.03. The average Bonchev–Trinajstić information content (AvgIpc) is 2.92. The van der Waals surface area contributed by atoms with E-state index in [9.17, 15) is 19.5 Å². The molecular formula is C18H20ClN3O5. The Morgan fingerprint density at radius 3 is 2.37 bits per heavy atom. The van der Waals surface area contributed by atoms with Crippen LogP contribution in [-0.4, -0.2) is 68.6 Å². The minimum Gasteiger partial charge on any atom is -0.480 e. The van der Waals surface area contributed by atoms with Crippen LogP contribution in [0.3, 0.4) is 0 Å². The summed E-state index contributed by atoms with van der Waals surface area (Å²) in [6.07, 6.45) is 1.57. The summed E-state index contributed by atoms with van der Waals surface area (Å²) in [6, 6.07) is 4.08. The van der Waals surface area contributed by atoms with Gasteiger partial charge in [-0.25, -0.2) is 0 Å². The van der Waals surface area contributed by atoms with Crippen LogP contribution in [0.25, 0.3) is 10.9 Å². The van der Waals surface area contributed by atoms with Crippen LogP contribution >= 0.6 is 11.6 Å². The highest BCUT2D eigenvalue weighted by atomic mass is 35.5. The molecule has 144 valence electrons. The fourth-order valence-corrected chi connectivity index (χ4v) is 3.74. The summed E-state index contributed by atoms with van der Waals surface area (Å²) in [4.78, 5) is 38.3. The predicted octanol–water partition coefficient (Wildman–Crippen LogP) is 1.67. The highest BCUT2D eigenvalue weighted by Gasteiger charge is 2.33. The number of aliphatic carboxylic acids is 2. The van der Waals surface area contributed by atoms with E-state index in [0.29, 0.717) is 47.7 Å². The van der Waals surface area contributed by atoms with E-state index in [4.69, 9.17) is 16.7 Å². The number of rotatable bonds is 5. The highest BCUT2D eigenvalue weighted by molar-refractivity contribution is 6.31. The van der Waals surface area contributed by atoms with Crippen molar-refractivity contribution in [2.45, 2.75) is 19.5 Å². The van der Waals surface area contributed by atoms with E-state index in [2.05, 4.69) is 0 Å². The Hall–Kier alpha value is -2.58. The molecule has 0 bridgehead atoms. The highest BCUT2D eigenvalue weighted by Crippen LogP contribution is 2.32. The second kappa shape index (κ2) is 7.58. The van der Waals surface area contributed by atoms with Crippen LogP contribution < -0.4 is 0 Å². The first-order valence-corrected chi connectivity index (χ1v) is 8.88. The molecule has 1 atom stereocenters. The van der Waals surface area contributed by atoms with Crippen LogP contribution in [0, 0.1) is 0 Å². The third-order valence-corrected chi connectivity index (χ3v) is 5.07. The molecule has 2 N–H and O–H groups in total. The minimum absolute atomic E-state index is 0.0331. The van der Waals surface area contributed by atoms with Gasteiger partial charge in [-0.3, -0.25) is 19.3 Å². The Bertz CT molecular complexity index is 902. The zero-order valence-corrected chi connectivity index (χ0v) is 15.5. The molecule has 1 fully saturated rings. The number of amides is 1. The van der Waals surface area contributed by atoms with Crippen LogP contribution in [0.5, 0.6) is 0 Å². The van der Waals surface area contributed by atoms with E-state index in [1.807, 2.05) is 0 Å². The number of piperazine rings is 1. The van der Waals surface area contributed by atoms with Crippen molar-refractivity contribution in [3.63, 3.8) is 0 Å².